The van der Waals surface area contributed by atoms with Crippen LogP contribution in [0.4, 0.5) is 0 Å². The third-order valence-corrected chi connectivity index (χ3v) is 4.64. The molecule has 1 aromatic carbocycles. The third-order valence-electron chi connectivity index (χ3n) is 4.64. The van der Waals surface area contributed by atoms with Crippen LogP contribution in [0.25, 0.3) is 0 Å². The van der Waals surface area contributed by atoms with Crippen molar-refractivity contribution >= 4 is 11.9 Å². The summed E-state index contributed by atoms with van der Waals surface area (Å²) < 4.78 is 5.34. The van der Waals surface area contributed by atoms with Gasteiger partial charge in [0.25, 0.3) is 0 Å². The molecule has 0 spiro atoms. The molecule has 0 radical (unpaired) electrons. The van der Waals surface area contributed by atoms with Gasteiger partial charge in [-0.25, -0.2) is 0 Å². The van der Waals surface area contributed by atoms with Crippen LogP contribution in [0.1, 0.15) is 51.0 Å². The summed E-state index contributed by atoms with van der Waals surface area (Å²) in [4.78, 5) is 26.2. The van der Waals surface area contributed by atoms with Gasteiger partial charge in [0, 0.05) is 19.5 Å². The Labute approximate surface area is 145 Å². The first-order valence-corrected chi connectivity index (χ1v) is 9.19. The molecular formula is C20H29NO3. The van der Waals surface area contributed by atoms with Gasteiger partial charge < -0.3 is 9.64 Å². The van der Waals surface area contributed by atoms with Gasteiger partial charge >= 0.3 is 5.97 Å². The number of piperidine rings is 1. The van der Waals surface area contributed by atoms with Crippen molar-refractivity contribution in [3.8, 4) is 0 Å². The Bertz CT molecular complexity index is 507. The van der Waals surface area contributed by atoms with Crippen molar-refractivity contribution in [2.24, 2.45) is 5.92 Å². The quantitative estimate of drug-likeness (QED) is 0.540. The van der Waals surface area contributed by atoms with Gasteiger partial charge in [0.05, 0.1) is 12.5 Å². The van der Waals surface area contributed by atoms with Crippen LogP contribution < -0.4 is 0 Å². The molecule has 1 aliphatic rings. The van der Waals surface area contributed by atoms with E-state index in [1.165, 1.54) is 5.56 Å². The van der Waals surface area contributed by atoms with Gasteiger partial charge in [-0.1, -0.05) is 50.1 Å². The van der Waals surface area contributed by atoms with Gasteiger partial charge in [-0.15, -0.1) is 0 Å². The number of ether oxygens (including phenoxy) is 1. The maximum absolute atomic E-state index is 12.3. The number of benzene rings is 1. The molecule has 0 bridgehead atoms. The van der Waals surface area contributed by atoms with Gasteiger partial charge in [0.1, 0.15) is 0 Å². The van der Waals surface area contributed by atoms with Crippen LogP contribution >= 0.6 is 0 Å². The molecule has 0 unspecified atom stereocenters. The number of carbonyl (C=O) groups is 2. The summed E-state index contributed by atoms with van der Waals surface area (Å²) in [6.07, 6.45) is 5.93. The molecule has 1 aliphatic heterocycles. The first-order valence-electron chi connectivity index (χ1n) is 9.19. The standard InChI is InChI=1S/C20H29NO3/c1-2-3-7-16-24-20(23)18-12-14-21(15-13-18)19(22)11-10-17-8-5-4-6-9-17/h4-6,8-9,18H,2-3,7,10-16H2,1H3. The Morgan fingerprint density at radius 2 is 1.83 bits per heavy atom. The van der Waals surface area contributed by atoms with Crippen molar-refractivity contribution < 1.29 is 14.3 Å². The van der Waals surface area contributed by atoms with Crippen LogP contribution in [0.3, 0.4) is 0 Å². The maximum Gasteiger partial charge on any atom is 0.309 e. The Kier molecular flexibility index (Phi) is 7.80. The fraction of sp³-hybridized carbons (Fsp3) is 0.600. The minimum atomic E-state index is -0.0810. The molecule has 1 saturated heterocycles. The zero-order valence-electron chi connectivity index (χ0n) is 14.7. The van der Waals surface area contributed by atoms with Crippen molar-refractivity contribution in [3.63, 3.8) is 0 Å². The predicted octanol–water partition coefficient (Wildman–Crippen LogP) is 3.59. The van der Waals surface area contributed by atoms with Gasteiger partial charge in [-0.05, 0) is 31.2 Å². The van der Waals surface area contributed by atoms with E-state index >= 15 is 0 Å². The van der Waals surface area contributed by atoms with Gasteiger partial charge in [0.15, 0.2) is 0 Å². The highest BCUT2D eigenvalue weighted by Gasteiger charge is 2.28. The minimum Gasteiger partial charge on any atom is -0.465 e. The zero-order chi connectivity index (χ0) is 17.2. The zero-order valence-corrected chi connectivity index (χ0v) is 14.7. The van der Waals surface area contributed by atoms with Gasteiger partial charge in [0.2, 0.25) is 5.91 Å². The summed E-state index contributed by atoms with van der Waals surface area (Å²) in [5, 5.41) is 0. The smallest absolute Gasteiger partial charge is 0.309 e. The van der Waals surface area contributed by atoms with E-state index in [0.29, 0.717) is 26.1 Å². The van der Waals surface area contributed by atoms with E-state index in [2.05, 4.69) is 6.92 Å². The Hall–Kier alpha value is -1.84. The fourth-order valence-corrected chi connectivity index (χ4v) is 3.06. The molecule has 24 heavy (non-hydrogen) atoms. The molecule has 0 aromatic heterocycles. The number of unbranched alkanes of at least 4 members (excludes halogenated alkanes) is 2. The summed E-state index contributed by atoms with van der Waals surface area (Å²) in [7, 11) is 0. The van der Waals surface area contributed by atoms with E-state index in [-0.39, 0.29) is 17.8 Å². The van der Waals surface area contributed by atoms with Crippen LogP contribution in [0.2, 0.25) is 0 Å². The molecular weight excluding hydrogens is 302 g/mol. The van der Waals surface area contributed by atoms with E-state index in [1.807, 2.05) is 35.2 Å². The lowest BCUT2D eigenvalue weighted by Gasteiger charge is -2.31. The molecule has 1 heterocycles. The van der Waals surface area contributed by atoms with Crippen molar-refractivity contribution in [1.82, 2.24) is 4.90 Å². The normalized spacial score (nSPS) is 15.3. The fourth-order valence-electron chi connectivity index (χ4n) is 3.06. The highest BCUT2D eigenvalue weighted by atomic mass is 16.5. The van der Waals surface area contributed by atoms with E-state index in [4.69, 9.17) is 4.74 Å². The third kappa shape index (κ3) is 5.99. The highest BCUT2D eigenvalue weighted by Crippen LogP contribution is 2.20. The first kappa shape index (κ1) is 18.5. The molecule has 2 rings (SSSR count). The number of carbonyl (C=O) groups excluding carboxylic acids is 2. The molecule has 4 heteroatoms. The first-order chi connectivity index (χ1) is 11.7. The van der Waals surface area contributed by atoms with Gasteiger partial charge in [-0.3, -0.25) is 9.59 Å². The number of esters is 1. The molecule has 1 amide bonds. The molecule has 0 atom stereocenters. The van der Waals surface area contributed by atoms with Crippen LogP contribution in [0.5, 0.6) is 0 Å². The highest BCUT2D eigenvalue weighted by molar-refractivity contribution is 5.77. The van der Waals surface area contributed by atoms with Crippen molar-refractivity contribution in [2.75, 3.05) is 19.7 Å². The molecule has 1 aromatic rings. The lowest BCUT2D eigenvalue weighted by atomic mass is 9.96. The molecule has 132 valence electrons. The van der Waals surface area contributed by atoms with Crippen LogP contribution in [-0.2, 0) is 20.7 Å². The Balaban J connectivity index is 1.66. The molecule has 0 N–H and O–H groups in total. The number of aryl methyl sites for hydroxylation is 1. The van der Waals surface area contributed by atoms with Crippen LogP contribution in [0.15, 0.2) is 30.3 Å². The summed E-state index contributed by atoms with van der Waals surface area (Å²) in [5.41, 5.74) is 1.19. The molecule has 1 fully saturated rings. The predicted molar refractivity (Wildman–Crippen MR) is 94.6 cm³/mol. The average molecular weight is 331 g/mol. The minimum absolute atomic E-state index is 0.0372. The van der Waals surface area contributed by atoms with Gasteiger partial charge in [-0.2, -0.15) is 0 Å². The number of likely N-dealkylation sites (tertiary alicyclic amines) is 1. The number of nitrogens with zero attached hydrogens (tertiary/aromatic N) is 1. The monoisotopic (exact) mass is 331 g/mol. The number of hydrogen-bond donors (Lipinski definition) is 0. The second kappa shape index (κ2) is 10.1. The second-order valence-electron chi connectivity index (χ2n) is 6.52. The van der Waals surface area contributed by atoms with E-state index in [0.717, 1.165) is 38.5 Å². The summed E-state index contributed by atoms with van der Waals surface area (Å²) in [6.45, 7) is 4.00. The number of rotatable bonds is 8. The number of amides is 1. The van der Waals surface area contributed by atoms with Crippen molar-refractivity contribution in [3.05, 3.63) is 35.9 Å². The van der Waals surface area contributed by atoms with Crippen LogP contribution in [-0.4, -0.2) is 36.5 Å². The van der Waals surface area contributed by atoms with Crippen molar-refractivity contribution in [2.45, 2.75) is 51.9 Å². The lowest BCUT2D eigenvalue weighted by Crippen LogP contribution is -2.40. The number of hydrogen-bond acceptors (Lipinski definition) is 3. The maximum atomic E-state index is 12.3. The SMILES string of the molecule is CCCCCOC(=O)C1CCN(C(=O)CCc2ccccc2)CC1. The largest absolute Gasteiger partial charge is 0.465 e. The Morgan fingerprint density at radius 1 is 1.12 bits per heavy atom. The Morgan fingerprint density at radius 3 is 2.50 bits per heavy atom. The van der Waals surface area contributed by atoms with E-state index in [9.17, 15) is 9.59 Å². The summed E-state index contributed by atoms with van der Waals surface area (Å²) in [5.74, 6) is 0.0703. The topological polar surface area (TPSA) is 46.6 Å². The molecule has 0 saturated carbocycles. The molecule has 4 nitrogen and oxygen atoms in total. The van der Waals surface area contributed by atoms with Crippen molar-refractivity contribution in [1.29, 1.82) is 0 Å². The molecule has 0 aliphatic carbocycles. The summed E-state index contributed by atoms with van der Waals surface area (Å²) >= 11 is 0. The second-order valence-corrected chi connectivity index (χ2v) is 6.52. The van der Waals surface area contributed by atoms with E-state index < -0.39 is 0 Å². The summed E-state index contributed by atoms with van der Waals surface area (Å²) in [6, 6.07) is 10.1. The van der Waals surface area contributed by atoms with Crippen LogP contribution in [0, 0.1) is 5.92 Å². The lowest BCUT2D eigenvalue weighted by molar-refractivity contribution is -0.151. The average Bonchev–Trinajstić information content (AvgIpc) is 2.64. The van der Waals surface area contributed by atoms with E-state index in [1.54, 1.807) is 0 Å².